The van der Waals surface area contributed by atoms with Crippen molar-refractivity contribution in [1.29, 1.82) is 0 Å². The molecule has 1 unspecified atom stereocenters. The van der Waals surface area contributed by atoms with Gasteiger partial charge in [0.05, 0.1) is 0 Å². The van der Waals surface area contributed by atoms with Crippen LogP contribution in [0, 0.1) is 5.92 Å². The molecule has 0 bridgehead atoms. The molecule has 0 saturated heterocycles. The average Bonchev–Trinajstić information content (AvgIpc) is 3.05. The first-order valence-electron chi connectivity index (χ1n) is 6.19. The van der Waals surface area contributed by atoms with E-state index in [1.165, 1.54) is 17.7 Å². The van der Waals surface area contributed by atoms with Gasteiger partial charge in [-0.15, -0.1) is 11.3 Å². The van der Waals surface area contributed by atoms with Gasteiger partial charge in [-0.25, -0.2) is 0 Å². The van der Waals surface area contributed by atoms with E-state index in [9.17, 15) is 4.79 Å². The van der Waals surface area contributed by atoms with E-state index in [2.05, 4.69) is 38.8 Å². The van der Waals surface area contributed by atoms with Crippen LogP contribution < -0.4 is 5.32 Å². The van der Waals surface area contributed by atoms with Crippen molar-refractivity contribution < 1.29 is 4.79 Å². The summed E-state index contributed by atoms with van der Waals surface area (Å²) in [6, 6.07) is 4.19. The molecule has 1 atom stereocenters. The Balaban J connectivity index is 1.54. The zero-order valence-corrected chi connectivity index (χ0v) is 12.2. The van der Waals surface area contributed by atoms with E-state index < -0.39 is 0 Å². The zero-order valence-electron chi connectivity index (χ0n) is 9.82. The molecule has 0 spiro atoms. The predicted molar refractivity (Wildman–Crippen MR) is 75.7 cm³/mol. The Morgan fingerprint density at radius 2 is 2.41 bits per heavy atom. The van der Waals surface area contributed by atoms with Gasteiger partial charge in [0.15, 0.2) is 0 Å². The Kier molecular flexibility index (Phi) is 5.04. The fourth-order valence-corrected chi connectivity index (χ4v) is 3.24. The Bertz CT molecular complexity index is 348. The summed E-state index contributed by atoms with van der Waals surface area (Å²) in [7, 11) is 0. The molecule has 1 aliphatic rings. The molecule has 1 aromatic rings. The second-order valence-electron chi connectivity index (χ2n) is 4.59. The van der Waals surface area contributed by atoms with Crippen LogP contribution in [-0.2, 0) is 11.2 Å². The highest BCUT2D eigenvalue weighted by Gasteiger charge is 2.29. The van der Waals surface area contributed by atoms with Crippen LogP contribution in [-0.4, -0.2) is 17.3 Å². The average molecular weight is 316 g/mol. The Hall–Kier alpha value is -0.350. The minimum Gasteiger partial charge on any atom is -0.355 e. The summed E-state index contributed by atoms with van der Waals surface area (Å²) in [5, 5.41) is 5.09. The maximum Gasteiger partial charge on any atom is 0.220 e. The number of hydrogen-bond donors (Lipinski definition) is 1. The molecule has 17 heavy (non-hydrogen) atoms. The lowest BCUT2D eigenvalue weighted by molar-refractivity contribution is -0.121. The van der Waals surface area contributed by atoms with Gasteiger partial charge in [0, 0.05) is 22.7 Å². The molecule has 1 aliphatic carbocycles. The summed E-state index contributed by atoms with van der Waals surface area (Å²) in [6.07, 6.45) is 5.23. The molecular formula is C13H18BrNOS. The molecule has 0 aromatic carbocycles. The van der Waals surface area contributed by atoms with Crippen LogP contribution in [0.5, 0.6) is 0 Å². The number of alkyl halides is 1. The van der Waals surface area contributed by atoms with Crippen LogP contribution in [0.3, 0.4) is 0 Å². The summed E-state index contributed by atoms with van der Waals surface area (Å²) >= 11 is 5.39. The van der Waals surface area contributed by atoms with Crippen molar-refractivity contribution in [3.8, 4) is 0 Å². The summed E-state index contributed by atoms with van der Waals surface area (Å²) in [6.45, 7) is 0.780. The first-order chi connectivity index (χ1) is 8.25. The first-order valence-corrected chi connectivity index (χ1v) is 7.98. The molecule has 1 heterocycles. The number of hydrogen-bond acceptors (Lipinski definition) is 2. The Labute approximate surface area is 115 Å². The molecule has 94 valence electrons. The lowest BCUT2D eigenvalue weighted by Crippen LogP contribution is -2.30. The van der Waals surface area contributed by atoms with Gasteiger partial charge in [-0.1, -0.05) is 22.0 Å². The molecule has 1 N–H and O–H groups in total. The third-order valence-electron chi connectivity index (χ3n) is 3.03. The van der Waals surface area contributed by atoms with Crippen molar-refractivity contribution in [2.24, 2.45) is 5.92 Å². The van der Waals surface area contributed by atoms with Crippen molar-refractivity contribution in [1.82, 2.24) is 5.32 Å². The molecule has 1 amide bonds. The van der Waals surface area contributed by atoms with Crippen molar-refractivity contribution in [2.45, 2.75) is 36.9 Å². The van der Waals surface area contributed by atoms with Gasteiger partial charge in [0.2, 0.25) is 5.91 Å². The van der Waals surface area contributed by atoms with E-state index in [1.807, 2.05) is 0 Å². The monoisotopic (exact) mass is 315 g/mol. The largest absolute Gasteiger partial charge is 0.355 e. The number of halogens is 1. The number of thiophene rings is 1. The first kappa shape index (κ1) is 13.1. The van der Waals surface area contributed by atoms with Gasteiger partial charge in [0.1, 0.15) is 0 Å². The van der Waals surface area contributed by atoms with Crippen LogP contribution in [0.2, 0.25) is 0 Å². The van der Waals surface area contributed by atoms with Gasteiger partial charge in [-0.3, -0.25) is 4.79 Å². The fraction of sp³-hybridized carbons (Fsp3) is 0.615. The van der Waals surface area contributed by atoms with E-state index in [4.69, 9.17) is 0 Å². The van der Waals surface area contributed by atoms with Crippen molar-refractivity contribution in [3.05, 3.63) is 22.4 Å². The third kappa shape index (κ3) is 4.80. The molecule has 1 fully saturated rings. The number of aryl methyl sites for hydroxylation is 1. The van der Waals surface area contributed by atoms with Crippen LogP contribution in [0.15, 0.2) is 17.5 Å². The second-order valence-corrected chi connectivity index (χ2v) is 6.80. The number of nitrogens with one attached hydrogen (secondary N) is 1. The number of rotatable bonds is 7. The number of amides is 1. The van der Waals surface area contributed by atoms with Gasteiger partial charge >= 0.3 is 0 Å². The minimum absolute atomic E-state index is 0.187. The molecule has 4 heteroatoms. The van der Waals surface area contributed by atoms with Gasteiger partial charge in [0.25, 0.3) is 0 Å². The van der Waals surface area contributed by atoms with E-state index in [-0.39, 0.29) is 5.91 Å². The standard InChI is InChI=1S/C13H18BrNOS/c14-12(10-6-7-10)9-15-13(16)5-1-3-11-4-2-8-17-11/h2,4,8,10,12H,1,3,5-7,9H2,(H,15,16). The summed E-state index contributed by atoms with van der Waals surface area (Å²) in [5.41, 5.74) is 0. The quantitative estimate of drug-likeness (QED) is 0.768. The van der Waals surface area contributed by atoms with Gasteiger partial charge in [-0.2, -0.15) is 0 Å². The topological polar surface area (TPSA) is 29.1 Å². The summed E-state index contributed by atoms with van der Waals surface area (Å²) < 4.78 is 0. The van der Waals surface area contributed by atoms with E-state index in [0.717, 1.165) is 25.3 Å². The van der Waals surface area contributed by atoms with Crippen molar-refractivity contribution in [3.63, 3.8) is 0 Å². The molecule has 0 aliphatic heterocycles. The maximum atomic E-state index is 11.6. The molecule has 2 nitrogen and oxygen atoms in total. The van der Waals surface area contributed by atoms with Crippen LogP contribution in [0.4, 0.5) is 0 Å². The molecule has 0 radical (unpaired) electrons. The van der Waals surface area contributed by atoms with Gasteiger partial charge < -0.3 is 5.32 Å². The third-order valence-corrected chi connectivity index (χ3v) is 5.04. The number of carbonyl (C=O) groups is 1. The SMILES string of the molecule is O=C(CCCc1cccs1)NCC(Br)C1CC1. The Morgan fingerprint density at radius 3 is 3.06 bits per heavy atom. The lowest BCUT2D eigenvalue weighted by Gasteiger charge is -2.09. The van der Waals surface area contributed by atoms with Crippen molar-refractivity contribution >= 4 is 33.2 Å². The van der Waals surface area contributed by atoms with Crippen LogP contribution >= 0.6 is 27.3 Å². The fourth-order valence-electron chi connectivity index (χ4n) is 1.80. The smallest absolute Gasteiger partial charge is 0.220 e. The van der Waals surface area contributed by atoms with E-state index in [0.29, 0.717) is 11.2 Å². The summed E-state index contributed by atoms with van der Waals surface area (Å²) in [4.78, 5) is 13.4. The summed E-state index contributed by atoms with van der Waals surface area (Å²) in [5.74, 6) is 0.980. The minimum atomic E-state index is 0.187. The van der Waals surface area contributed by atoms with E-state index >= 15 is 0 Å². The lowest BCUT2D eigenvalue weighted by atomic mass is 10.2. The molecule has 2 rings (SSSR count). The van der Waals surface area contributed by atoms with Gasteiger partial charge in [-0.05, 0) is 43.0 Å². The maximum absolute atomic E-state index is 11.6. The van der Waals surface area contributed by atoms with Crippen LogP contribution in [0.25, 0.3) is 0 Å². The second kappa shape index (κ2) is 6.55. The predicted octanol–water partition coefficient (Wildman–Crippen LogP) is 3.36. The highest BCUT2D eigenvalue weighted by Crippen LogP contribution is 2.36. The number of carbonyl (C=O) groups excluding carboxylic acids is 1. The molecule has 1 saturated carbocycles. The normalized spacial score (nSPS) is 16.8. The zero-order chi connectivity index (χ0) is 12.1. The molecule has 1 aromatic heterocycles. The highest BCUT2D eigenvalue weighted by molar-refractivity contribution is 9.09. The van der Waals surface area contributed by atoms with Crippen molar-refractivity contribution in [2.75, 3.05) is 6.54 Å². The molecular weight excluding hydrogens is 298 g/mol. The highest BCUT2D eigenvalue weighted by atomic mass is 79.9. The Morgan fingerprint density at radius 1 is 1.59 bits per heavy atom. The van der Waals surface area contributed by atoms with Crippen LogP contribution in [0.1, 0.15) is 30.6 Å². The van der Waals surface area contributed by atoms with E-state index in [1.54, 1.807) is 11.3 Å².